The third kappa shape index (κ3) is 3.20. The Hall–Kier alpha value is -1.68. The van der Waals surface area contributed by atoms with Crippen LogP contribution in [0.25, 0.3) is 0 Å². The van der Waals surface area contributed by atoms with Crippen LogP contribution in [0.15, 0.2) is 34.8 Å². The molecule has 4 heteroatoms. The molecule has 0 spiro atoms. The van der Waals surface area contributed by atoms with Crippen molar-refractivity contribution < 1.29 is 10.2 Å². The van der Waals surface area contributed by atoms with Gasteiger partial charge in [0.2, 0.25) is 0 Å². The largest absolute Gasteiger partial charge is 0.504 e. The molecule has 2 rings (SSSR count). The van der Waals surface area contributed by atoms with Crippen LogP contribution in [0.1, 0.15) is 16.7 Å². The minimum Gasteiger partial charge on any atom is -0.504 e. The molecule has 0 saturated heterocycles. The van der Waals surface area contributed by atoms with E-state index in [0.717, 1.165) is 15.7 Å². The van der Waals surface area contributed by atoms with Crippen LogP contribution in [0.3, 0.4) is 0 Å². The van der Waals surface area contributed by atoms with Gasteiger partial charge in [-0.15, -0.1) is 0 Å². The molecule has 0 amide bonds. The molecule has 0 bridgehead atoms. The average molecular weight is 322 g/mol. The third-order valence-electron chi connectivity index (χ3n) is 2.97. The second kappa shape index (κ2) is 5.53. The Morgan fingerprint density at radius 2 is 1.63 bits per heavy atom. The van der Waals surface area contributed by atoms with Crippen LogP contribution in [-0.2, 0) is 6.54 Å². The smallest absolute Gasteiger partial charge is 0.157 e. The lowest BCUT2D eigenvalue weighted by atomic mass is 10.1. The van der Waals surface area contributed by atoms with Gasteiger partial charge in [-0.25, -0.2) is 0 Å². The predicted molar refractivity (Wildman–Crippen MR) is 80.7 cm³/mol. The normalized spacial score (nSPS) is 10.5. The zero-order valence-electron chi connectivity index (χ0n) is 10.9. The first kappa shape index (κ1) is 13.7. The summed E-state index contributed by atoms with van der Waals surface area (Å²) in [7, 11) is 0. The number of phenolic OH excluding ortho intramolecular Hbond substituents is 2. The van der Waals surface area contributed by atoms with Crippen molar-refractivity contribution in [3.8, 4) is 11.5 Å². The van der Waals surface area contributed by atoms with Gasteiger partial charge in [-0.05, 0) is 54.8 Å². The highest BCUT2D eigenvalue weighted by atomic mass is 79.9. The molecule has 0 aliphatic carbocycles. The summed E-state index contributed by atoms with van der Waals surface area (Å²) in [5.74, 6) is -0.193. The first-order valence-corrected chi connectivity index (χ1v) is 6.78. The second-order valence-electron chi connectivity index (χ2n) is 4.60. The van der Waals surface area contributed by atoms with E-state index < -0.39 is 0 Å². The van der Waals surface area contributed by atoms with Crippen molar-refractivity contribution in [3.63, 3.8) is 0 Å². The molecular weight excluding hydrogens is 306 g/mol. The summed E-state index contributed by atoms with van der Waals surface area (Å²) in [5.41, 5.74) is 4.30. The number of hydrogen-bond donors (Lipinski definition) is 3. The molecule has 0 aromatic heterocycles. The average Bonchev–Trinajstić information content (AvgIpc) is 2.37. The lowest BCUT2D eigenvalue weighted by Gasteiger charge is -2.11. The summed E-state index contributed by atoms with van der Waals surface area (Å²) >= 11 is 3.54. The number of hydrogen-bond acceptors (Lipinski definition) is 3. The molecule has 3 N–H and O–H groups in total. The number of nitrogens with one attached hydrogen (secondary N) is 1. The zero-order valence-corrected chi connectivity index (χ0v) is 12.5. The number of halogens is 1. The van der Waals surface area contributed by atoms with Gasteiger partial charge in [0.1, 0.15) is 0 Å². The summed E-state index contributed by atoms with van der Waals surface area (Å²) in [4.78, 5) is 0. The molecule has 2 aromatic carbocycles. The van der Waals surface area contributed by atoms with Crippen molar-refractivity contribution >= 4 is 21.6 Å². The van der Waals surface area contributed by atoms with Crippen molar-refractivity contribution in [2.24, 2.45) is 0 Å². The molecule has 0 unspecified atom stereocenters. The molecular formula is C15H16BrNO2. The van der Waals surface area contributed by atoms with Crippen LogP contribution in [0, 0.1) is 13.8 Å². The molecule has 19 heavy (non-hydrogen) atoms. The molecule has 3 nitrogen and oxygen atoms in total. The van der Waals surface area contributed by atoms with Gasteiger partial charge < -0.3 is 15.5 Å². The molecule has 0 fully saturated rings. The van der Waals surface area contributed by atoms with Crippen LogP contribution < -0.4 is 5.32 Å². The maximum absolute atomic E-state index is 9.44. The minimum atomic E-state index is -0.0981. The van der Waals surface area contributed by atoms with E-state index in [1.165, 1.54) is 17.2 Å². The number of benzene rings is 2. The Kier molecular flexibility index (Phi) is 4.00. The van der Waals surface area contributed by atoms with Gasteiger partial charge in [-0.2, -0.15) is 0 Å². The Morgan fingerprint density at radius 3 is 2.21 bits per heavy atom. The van der Waals surface area contributed by atoms with Crippen molar-refractivity contribution in [1.82, 2.24) is 0 Å². The van der Waals surface area contributed by atoms with Crippen molar-refractivity contribution in [3.05, 3.63) is 51.5 Å². The van der Waals surface area contributed by atoms with Gasteiger partial charge in [-0.3, -0.25) is 0 Å². The fraction of sp³-hybridized carbons (Fsp3) is 0.200. The molecule has 0 aliphatic rings. The van der Waals surface area contributed by atoms with Gasteiger partial charge >= 0.3 is 0 Å². The Labute approximate surface area is 121 Å². The van der Waals surface area contributed by atoms with E-state index in [9.17, 15) is 10.2 Å². The summed E-state index contributed by atoms with van der Waals surface area (Å²) in [6, 6.07) is 8.96. The monoisotopic (exact) mass is 321 g/mol. The second-order valence-corrected chi connectivity index (χ2v) is 5.39. The SMILES string of the molecule is Cc1cc(NCc2ccc(O)c(O)c2)cc(C)c1Br. The van der Waals surface area contributed by atoms with Crippen LogP contribution in [-0.4, -0.2) is 10.2 Å². The molecule has 0 aliphatic heterocycles. The van der Waals surface area contributed by atoms with Gasteiger partial charge in [0.05, 0.1) is 0 Å². The highest BCUT2D eigenvalue weighted by molar-refractivity contribution is 9.10. The summed E-state index contributed by atoms with van der Waals surface area (Å²) in [6.07, 6.45) is 0. The molecule has 0 saturated carbocycles. The standard InChI is InChI=1S/C15H16BrNO2/c1-9-5-12(6-10(2)15(9)16)17-8-11-3-4-13(18)14(19)7-11/h3-7,17-19H,8H2,1-2H3. The highest BCUT2D eigenvalue weighted by Crippen LogP contribution is 2.27. The van der Waals surface area contributed by atoms with E-state index in [2.05, 4.69) is 47.2 Å². The fourth-order valence-corrected chi connectivity index (χ4v) is 2.16. The first-order valence-electron chi connectivity index (χ1n) is 5.99. The van der Waals surface area contributed by atoms with Gasteiger partial charge in [0.25, 0.3) is 0 Å². The topological polar surface area (TPSA) is 52.5 Å². The van der Waals surface area contributed by atoms with Gasteiger partial charge in [0.15, 0.2) is 11.5 Å². The number of aromatic hydroxyl groups is 2. The molecule has 0 heterocycles. The maximum atomic E-state index is 9.44. The Balaban J connectivity index is 2.12. The van der Waals surface area contributed by atoms with Gasteiger partial charge in [0, 0.05) is 16.7 Å². The minimum absolute atomic E-state index is 0.0949. The summed E-state index contributed by atoms with van der Waals surface area (Å²) in [6.45, 7) is 4.69. The maximum Gasteiger partial charge on any atom is 0.157 e. The molecule has 0 radical (unpaired) electrons. The quantitative estimate of drug-likeness (QED) is 0.746. The van der Waals surface area contributed by atoms with E-state index in [4.69, 9.17) is 0 Å². The van der Waals surface area contributed by atoms with E-state index in [1.54, 1.807) is 12.1 Å². The Morgan fingerprint density at radius 1 is 1.00 bits per heavy atom. The van der Waals surface area contributed by atoms with Gasteiger partial charge in [-0.1, -0.05) is 22.0 Å². The fourth-order valence-electron chi connectivity index (χ4n) is 1.93. The van der Waals surface area contributed by atoms with E-state index in [0.29, 0.717) is 6.54 Å². The molecule has 0 atom stereocenters. The highest BCUT2D eigenvalue weighted by Gasteiger charge is 2.04. The molecule has 2 aromatic rings. The van der Waals surface area contributed by atoms with Crippen LogP contribution in [0.4, 0.5) is 5.69 Å². The van der Waals surface area contributed by atoms with E-state index >= 15 is 0 Å². The predicted octanol–water partition coefficient (Wildman–Crippen LogP) is 4.09. The third-order valence-corrected chi connectivity index (χ3v) is 4.22. The van der Waals surface area contributed by atoms with Crippen molar-refractivity contribution in [1.29, 1.82) is 0 Å². The summed E-state index contributed by atoms with van der Waals surface area (Å²) < 4.78 is 1.13. The zero-order chi connectivity index (χ0) is 14.0. The molecule has 100 valence electrons. The first-order chi connectivity index (χ1) is 8.97. The Bertz CT molecular complexity index is 588. The van der Waals surface area contributed by atoms with Crippen LogP contribution >= 0.6 is 15.9 Å². The number of anilines is 1. The van der Waals surface area contributed by atoms with Crippen molar-refractivity contribution in [2.75, 3.05) is 5.32 Å². The number of phenols is 2. The lowest BCUT2D eigenvalue weighted by Crippen LogP contribution is -2.00. The van der Waals surface area contributed by atoms with Crippen LogP contribution in [0.2, 0.25) is 0 Å². The van der Waals surface area contributed by atoms with Crippen molar-refractivity contribution in [2.45, 2.75) is 20.4 Å². The lowest BCUT2D eigenvalue weighted by molar-refractivity contribution is 0.403. The van der Waals surface area contributed by atoms with E-state index in [-0.39, 0.29) is 11.5 Å². The summed E-state index contributed by atoms with van der Waals surface area (Å²) in [5, 5.41) is 22.0. The number of rotatable bonds is 3. The number of aryl methyl sites for hydroxylation is 2. The van der Waals surface area contributed by atoms with Crippen LogP contribution in [0.5, 0.6) is 11.5 Å². The van der Waals surface area contributed by atoms with E-state index in [1.807, 2.05) is 0 Å².